The zero-order chi connectivity index (χ0) is 14.7. The molecular formula is C10H13Cl5IN3. The topological polar surface area (TPSA) is 30.7 Å². The smallest absolute Gasteiger partial charge is 0.228 e. The maximum Gasteiger partial charge on any atom is 0.228 e. The van der Waals surface area contributed by atoms with E-state index in [1.54, 1.807) is 4.68 Å². The van der Waals surface area contributed by atoms with Gasteiger partial charge < -0.3 is 0 Å². The molecule has 0 unspecified atom stereocenters. The van der Waals surface area contributed by atoms with Crippen LogP contribution in [0.25, 0.3) is 0 Å². The van der Waals surface area contributed by atoms with Gasteiger partial charge in [0.15, 0.2) is 0 Å². The fourth-order valence-electron chi connectivity index (χ4n) is 1.46. The summed E-state index contributed by atoms with van der Waals surface area (Å²) in [7, 11) is 0. The molecule has 1 rings (SSSR count). The second kappa shape index (κ2) is 7.54. The van der Waals surface area contributed by atoms with Crippen molar-refractivity contribution in [3.8, 4) is 0 Å². The normalized spacial score (nSPS) is 13.0. The molecule has 0 radical (unpaired) electrons. The van der Waals surface area contributed by atoms with Crippen molar-refractivity contribution in [3.05, 3.63) is 9.39 Å². The van der Waals surface area contributed by atoms with Gasteiger partial charge in [-0.25, -0.2) is 4.68 Å². The predicted molar refractivity (Wildman–Crippen MR) is 90.6 cm³/mol. The highest BCUT2D eigenvalue weighted by molar-refractivity contribution is 14.1. The van der Waals surface area contributed by atoms with Gasteiger partial charge in [0.05, 0.1) is 0 Å². The molecule has 0 saturated carbocycles. The first-order valence-electron chi connectivity index (χ1n) is 5.75. The van der Waals surface area contributed by atoms with E-state index in [-0.39, 0.29) is 5.69 Å². The summed E-state index contributed by atoms with van der Waals surface area (Å²) >= 11 is 31.6. The van der Waals surface area contributed by atoms with Gasteiger partial charge in [0.1, 0.15) is 9.39 Å². The standard InChI is InChI=1S/C10H13Cl5IN3/c1-2-3-4-5-6-19-8(16)7(17-18-19)9(11,12)10(13,14)15/h2-6H2,1H3. The fraction of sp³-hybridized carbons (Fsp3) is 0.800. The largest absolute Gasteiger partial charge is 0.239 e. The number of unbranched alkanes of at least 4 members (excludes halogenated alkanes) is 3. The van der Waals surface area contributed by atoms with Crippen LogP contribution >= 0.6 is 80.6 Å². The van der Waals surface area contributed by atoms with E-state index in [0.29, 0.717) is 3.70 Å². The summed E-state index contributed by atoms with van der Waals surface area (Å²) in [5.74, 6) is 0. The predicted octanol–water partition coefficient (Wildman–Crippen LogP) is 5.46. The number of halogens is 6. The third kappa shape index (κ3) is 4.65. The van der Waals surface area contributed by atoms with E-state index >= 15 is 0 Å². The summed E-state index contributed by atoms with van der Waals surface area (Å²) in [6.45, 7) is 2.91. The highest BCUT2D eigenvalue weighted by atomic mass is 127. The Hall–Kier alpha value is 1.32. The Morgan fingerprint density at radius 3 is 2.26 bits per heavy atom. The zero-order valence-corrected chi connectivity index (χ0v) is 16.1. The van der Waals surface area contributed by atoms with Crippen LogP contribution in [0.1, 0.15) is 38.3 Å². The molecule has 0 aliphatic heterocycles. The molecule has 0 fully saturated rings. The molecule has 19 heavy (non-hydrogen) atoms. The van der Waals surface area contributed by atoms with Crippen molar-refractivity contribution in [1.29, 1.82) is 0 Å². The van der Waals surface area contributed by atoms with Crippen LogP contribution in [-0.4, -0.2) is 18.8 Å². The molecule has 3 nitrogen and oxygen atoms in total. The second-order valence-corrected chi connectivity index (χ2v) is 8.72. The Balaban J connectivity index is 2.81. The molecule has 0 amide bonds. The monoisotopic (exact) mass is 477 g/mol. The van der Waals surface area contributed by atoms with Crippen molar-refractivity contribution in [2.24, 2.45) is 0 Å². The van der Waals surface area contributed by atoms with E-state index in [1.807, 2.05) is 0 Å². The highest BCUT2D eigenvalue weighted by Gasteiger charge is 2.51. The van der Waals surface area contributed by atoms with Gasteiger partial charge in [0.25, 0.3) is 0 Å². The molecule has 0 spiro atoms. The van der Waals surface area contributed by atoms with E-state index in [4.69, 9.17) is 58.0 Å². The number of rotatable bonds is 6. The average molecular weight is 479 g/mol. The van der Waals surface area contributed by atoms with Crippen LogP contribution in [0.2, 0.25) is 0 Å². The van der Waals surface area contributed by atoms with Crippen LogP contribution in [0.5, 0.6) is 0 Å². The van der Waals surface area contributed by atoms with Crippen molar-refractivity contribution in [1.82, 2.24) is 15.0 Å². The molecule has 9 heteroatoms. The minimum atomic E-state index is -1.88. The number of hydrogen-bond donors (Lipinski definition) is 0. The lowest BCUT2D eigenvalue weighted by Crippen LogP contribution is -2.29. The van der Waals surface area contributed by atoms with Crippen molar-refractivity contribution >= 4 is 80.6 Å². The van der Waals surface area contributed by atoms with Crippen molar-refractivity contribution in [2.75, 3.05) is 0 Å². The lowest BCUT2D eigenvalue weighted by atomic mass is 10.2. The molecule has 0 aliphatic carbocycles. The maximum atomic E-state index is 6.09. The van der Waals surface area contributed by atoms with Crippen molar-refractivity contribution in [2.45, 2.75) is 47.3 Å². The Labute approximate surface area is 151 Å². The number of aromatic nitrogens is 3. The molecule has 1 aromatic rings. The molecule has 0 saturated heterocycles. The lowest BCUT2D eigenvalue weighted by Gasteiger charge is -2.25. The Bertz CT molecular complexity index is 416. The first-order valence-corrected chi connectivity index (χ1v) is 8.72. The number of aryl methyl sites for hydroxylation is 1. The zero-order valence-electron chi connectivity index (χ0n) is 10.1. The first kappa shape index (κ1) is 18.4. The van der Waals surface area contributed by atoms with Gasteiger partial charge in [-0.05, 0) is 29.0 Å². The van der Waals surface area contributed by atoms with E-state index in [0.717, 1.165) is 19.4 Å². The summed E-state index contributed by atoms with van der Waals surface area (Å²) in [5, 5.41) is 7.95. The van der Waals surface area contributed by atoms with Crippen LogP contribution in [-0.2, 0) is 10.9 Å². The minimum Gasteiger partial charge on any atom is -0.239 e. The van der Waals surface area contributed by atoms with Gasteiger partial charge in [-0.1, -0.05) is 89.4 Å². The number of alkyl halides is 5. The molecule has 0 N–H and O–H groups in total. The molecule has 0 aromatic carbocycles. The average Bonchev–Trinajstić information content (AvgIpc) is 2.65. The summed E-state index contributed by atoms with van der Waals surface area (Å²) in [6.07, 6.45) is 4.53. The van der Waals surface area contributed by atoms with Crippen LogP contribution in [0.4, 0.5) is 0 Å². The Kier molecular flexibility index (Phi) is 7.29. The summed E-state index contributed by atoms with van der Waals surface area (Å²) in [4.78, 5) is 0. The van der Waals surface area contributed by atoms with Crippen molar-refractivity contribution in [3.63, 3.8) is 0 Å². The minimum absolute atomic E-state index is 0.270. The Morgan fingerprint density at radius 2 is 1.74 bits per heavy atom. The van der Waals surface area contributed by atoms with Gasteiger partial charge in [-0.2, -0.15) is 0 Å². The van der Waals surface area contributed by atoms with Crippen LogP contribution in [0.15, 0.2) is 0 Å². The third-order valence-corrected chi connectivity index (χ3v) is 5.98. The van der Waals surface area contributed by atoms with Crippen LogP contribution in [0.3, 0.4) is 0 Å². The number of nitrogens with zero attached hydrogens (tertiary/aromatic N) is 3. The first-order chi connectivity index (χ1) is 8.71. The van der Waals surface area contributed by atoms with E-state index < -0.39 is 8.13 Å². The molecule has 0 aliphatic rings. The van der Waals surface area contributed by atoms with E-state index in [2.05, 4.69) is 39.8 Å². The van der Waals surface area contributed by atoms with Gasteiger partial charge in [-0.15, -0.1) is 5.10 Å². The van der Waals surface area contributed by atoms with Crippen LogP contribution < -0.4 is 0 Å². The SMILES string of the molecule is CCCCCCn1nnc(C(Cl)(Cl)C(Cl)(Cl)Cl)c1I. The highest BCUT2D eigenvalue weighted by Crippen LogP contribution is 2.53. The van der Waals surface area contributed by atoms with Gasteiger partial charge in [0, 0.05) is 6.54 Å². The lowest BCUT2D eigenvalue weighted by molar-refractivity contribution is 0.520. The molecule has 0 bridgehead atoms. The second-order valence-electron chi connectivity index (χ2n) is 4.08. The van der Waals surface area contributed by atoms with E-state index in [9.17, 15) is 0 Å². The quantitative estimate of drug-likeness (QED) is 0.308. The fourth-order valence-corrected chi connectivity index (χ4v) is 3.15. The molecular weight excluding hydrogens is 466 g/mol. The van der Waals surface area contributed by atoms with Crippen LogP contribution in [0, 0.1) is 3.70 Å². The summed E-state index contributed by atoms with van der Waals surface area (Å²) in [6, 6.07) is 0. The third-order valence-electron chi connectivity index (χ3n) is 2.55. The molecule has 0 atom stereocenters. The molecule has 110 valence electrons. The van der Waals surface area contributed by atoms with Crippen molar-refractivity contribution < 1.29 is 0 Å². The Morgan fingerprint density at radius 1 is 1.11 bits per heavy atom. The maximum absolute atomic E-state index is 6.09. The van der Waals surface area contributed by atoms with Gasteiger partial charge in [0.2, 0.25) is 8.13 Å². The summed E-state index contributed by atoms with van der Waals surface area (Å²) in [5.41, 5.74) is 0.270. The number of hydrogen-bond acceptors (Lipinski definition) is 2. The molecule has 1 aromatic heterocycles. The van der Waals surface area contributed by atoms with Gasteiger partial charge in [-0.3, -0.25) is 0 Å². The van der Waals surface area contributed by atoms with Gasteiger partial charge >= 0.3 is 0 Å². The molecule has 1 heterocycles. The summed E-state index contributed by atoms with van der Waals surface area (Å²) < 4.78 is -1.19. The van der Waals surface area contributed by atoms with E-state index in [1.165, 1.54) is 12.8 Å².